The molecular formula is C16H19BrIN3OS. The van der Waals surface area contributed by atoms with Gasteiger partial charge in [-0.05, 0) is 35.6 Å². The Labute approximate surface area is 165 Å². The number of ether oxygens (including phenoxy) is 1. The first-order chi connectivity index (χ1) is 10.7. The molecule has 23 heavy (non-hydrogen) atoms. The molecule has 3 N–H and O–H groups in total. The molecule has 0 spiro atoms. The lowest BCUT2D eigenvalue weighted by molar-refractivity contribution is 0.353. The maximum Gasteiger partial charge on any atom is 0.188 e. The van der Waals surface area contributed by atoms with Gasteiger partial charge in [-0.2, -0.15) is 0 Å². The molecule has 4 nitrogen and oxygen atoms in total. The summed E-state index contributed by atoms with van der Waals surface area (Å²) in [5, 5.41) is 5.24. The maximum atomic E-state index is 5.93. The first kappa shape index (κ1) is 18.5. The van der Waals surface area contributed by atoms with Crippen molar-refractivity contribution in [3.8, 4) is 5.75 Å². The highest BCUT2D eigenvalue weighted by molar-refractivity contribution is 14.0. The molecule has 1 aliphatic heterocycles. The van der Waals surface area contributed by atoms with Gasteiger partial charge < -0.3 is 15.8 Å². The summed E-state index contributed by atoms with van der Waals surface area (Å²) in [6.45, 7) is 2.07. The Bertz CT molecular complexity index is 676. The minimum atomic E-state index is 0. The van der Waals surface area contributed by atoms with E-state index >= 15 is 0 Å². The molecule has 1 aromatic heterocycles. The largest absolute Gasteiger partial charge is 0.493 e. The monoisotopic (exact) mass is 507 g/mol. The van der Waals surface area contributed by atoms with Gasteiger partial charge in [0.15, 0.2) is 5.96 Å². The number of nitrogens with two attached hydrogens (primary N) is 1. The number of aliphatic imine (C=N–C) groups is 1. The molecule has 0 aliphatic carbocycles. The summed E-state index contributed by atoms with van der Waals surface area (Å²) in [6.07, 6.45) is 1.92. The van der Waals surface area contributed by atoms with Crippen molar-refractivity contribution in [2.45, 2.75) is 19.4 Å². The number of benzene rings is 1. The van der Waals surface area contributed by atoms with E-state index < -0.39 is 0 Å². The molecule has 7 heteroatoms. The minimum absolute atomic E-state index is 0. The zero-order chi connectivity index (χ0) is 15.4. The van der Waals surface area contributed by atoms with Gasteiger partial charge in [0.1, 0.15) is 5.75 Å². The number of rotatable bonds is 5. The topological polar surface area (TPSA) is 59.6 Å². The highest BCUT2D eigenvalue weighted by Crippen LogP contribution is 2.33. The molecule has 2 aromatic rings. The molecule has 2 heterocycles. The van der Waals surface area contributed by atoms with Gasteiger partial charge >= 0.3 is 0 Å². The highest BCUT2D eigenvalue weighted by atomic mass is 127. The van der Waals surface area contributed by atoms with Crippen LogP contribution in [0.25, 0.3) is 0 Å². The Hall–Kier alpha value is -0.800. The van der Waals surface area contributed by atoms with Gasteiger partial charge in [-0.3, -0.25) is 0 Å². The Kier molecular flexibility index (Phi) is 7.16. The molecular weight excluding hydrogens is 489 g/mol. The summed E-state index contributed by atoms with van der Waals surface area (Å²) in [4.78, 5) is 5.76. The summed E-state index contributed by atoms with van der Waals surface area (Å²) in [5.74, 6) is 1.45. The van der Waals surface area contributed by atoms with E-state index in [2.05, 4.69) is 49.8 Å². The molecule has 0 saturated heterocycles. The first-order valence-corrected chi connectivity index (χ1v) is 8.90. The Balaban J connectivity index is 0.00000192. The van der Waals surface area contributed by atoms with Gasteiger partial charge in [0, 0.05) is 27.9 Å². The maximum absolute atomic E-state index is 5.93. The van der Waals surface area contributed by atoms with Crippen LogP contribution in [0.3, 0.4) is 0 Å². The quantitative estimate of drug-likeness (QED) is 0.368. The molecule has 124 valence electrons. The van der Waals surface area contributed by atoms with Crippen LogP contribution >= 0.6 is 51.2 Å². The second-order valence-electron chi connectivity index (χ2n) is 5.11. The summed E-state index contributed by atoms with van der Waals surface area (Å²) >= 11 is 5.29. The van der Waals surface area contributed by atoms with Gasteiger partial charge in [0.2, 0.25) is 0 Å². The number of fused-ring (bicyclic) bond motifs is 1. The third-order valence-electron chi connectivity index (χ3n) is 3.50. The average molecular weight is 508 g/mol. The van der Waals surface area contributed by atoms with Gasteiger partial charge in [-0.15, -0.1) is 35.3 Å². The van der Waals surface area contributed by atoms with Crippen LogP contribution in [0.5, 0.6) is 5.75 Å². The van der Waals surface area contributed by atoms with E-state index in [4.69, 9.17) is 10.5 Å². The van der Waals surface area contributed by atoms with Crippen molar-refractivity contribution in [2.24, 2.45) is 10.7 Å². The van der Waals surface area contributed by atoms with Crippen LogP contribution in [0.2, 0.25) is 0 Å². The van der Waals surface area contributed by atoms with E-state index in [1.54, 1.807) is 11.3 Å². The van der Waals surface area contributed by atoms with Crippen LogP contribution in [0, 0.1) is 0 Å². The number of hydrogen-bond acceptors (Lipinski definition) is 3. The van der Waals surface area contributed by atoms with Crippen molar-refractivity contribution in [1.29, 1.82) is 0 Å². The van der Waals surface area contributed by atoms with Crippen molar-refractivity contribution in [1.82, 2.24) is 5.32 Å². The molecule has 0 bridgehead atoms. The smallest absolute Gasteiger partial charge is 0.188 e. The van der Waals surface area contributed by atoms with E-state index in [0.29, 0.717) is 12.5 Å². The number of nitrogens with one attached hydrogen (secondary N) is 1. The molecule has 0 amide bonds. The van der Waals surface area contributed by atoms with Crippen molar-refractivity contribution >= 4 is 57.2 Å². The van der Waals surface area contributed by atoms with Gasteiger partial charge in [-0.1, -0.05) is 22.0 Å². The zero-order valence-electron chi connectivity index (χ0n) is 12.5. The third kappa shape index (κ3) is 5.09. The fourth-order valence-corrected chi connectivity index (χ4v) is 3.72. The van der Waals surface area contributed by atoms with E-state index in [1.807, 2.05) is 6.07 Å². The van der Waals surface area contributed by atoms with Crippen LogP contribution < -0.4 is 15.8 Å². The Morgan fingerprint density at radius 1 is 1.43 bits per heavy atom. The minimum Gasteiger partial charge on any atom is -0.493 e. The normalized spacial score (nSPS) is 13.2. The fourth-order valence-electron chi connectivity index (χ4n) is 2.46. The predicted octanol–water partition coefficient (Wildman–Crippen LogP) is 3.71. The molecule has 0 saturated carbocycles. The summed E-state index contributed by atoms with van der Waals surface area (Å²) in [7, 11) is 0. The second-order valence-corrected chi connectivity index (χ2v) is 7.06. The number of halogens is 2. The number of guanidine groups is 1. The van der Waals surface area contributed by atoms with Gasteiger partial charge in [-0.25, -0.2) is 4.99 Å². The Morgan fingerprint density at radius 2 is 2.30 bits per heavy atom. The van der Waals surface area contributed by atoms with Crippen molar-refractivity contribution in [2.75, 3.05) is 13.2 Å². The van der Waals surface area contributed by atoms with Gasteiger partial charge in [0.25, 0.3) is 0 Å². The first-order valence-electron chi connectivity index (χ1n) is 7.22. The van der Waals surface area contributed by atoms with E-state index in [1.165, 1.54) is 10.4 Å². The lowest BCUT2D eigenvalue weighted by atomic mass is 10.1. The summed E-state index contributed by atoms with van der Waals surface area (Å²) in [6, 6.07) is 8.35. The van der Waals surface area contributed by atoms with Gasteiger partial charge in [0.05, 0.1) is 13.2 Å². The standard InChI is InChI=1S/C16H18BrN3OS.HI/c17-13-8-11-4-6-21-15(11)12(9-13)10-20-16(18)19-5-3-14-2-1-7-22-14;/h1-2,7-9H,3-6,10H2,(H3,18,19,20);1H. The van der Waals surface area contributed by atoms with Crippen LogP contribution in [0.1, 0.15) is 16.0 Å². The molecule has 0 atom stereocenters. The van der Waals surface area contributed by atoms with E-state index in [9.17, 15) is 0 Å². The number of thiophene rings is 1. The SMILES string of the molecule is I.NC(=NCc1cc(Br)cc2c1OCC2)NCCc1cccs1. The van der Waals surface area contributed by atoms with Crippen LogP contribution in [-0.2, 0) is 19.4 Å². The van der Waals surface area contributed by atoms with Crippen LogP contribution in [-0.4, -0.2) is 19.1 Å². The number of hydrogen-bond donors (Lipinski definition) is 2. The molecule has 0 fully saturated rings. The predicted molar refractivity (Wildman–Crippen MR) is 110 cm³/mol. The number of nitrogens with zero attached hydrogens (tertiary/aromatic N) is 1. The van der Waals surface area contributed by atoms with Crippen LogP contribution in [0.4, 0.5) is 0 Å². The lowest BCUT2D eigenvalue weighted by Gasteiger charge is -2.08. The second kappa shape index (κ2) is 8.89. The fraction of sp³-hybridized carbons (Fsp3) is 0.312. The highest BCUT2D eigenvalue weighted by Gasteiger charge is 2.17. The molecule has 0 unspecified atom stereocenters. The third-order valence-corrected chi connectivity index (χ3v) is 4.90. The zero-order valence-corrected chi connectivity index (χ0v) is 17.3. The molecule has 1 aromatic carbocycles. The molecule has 3 rings (SSSR count). The molecule has 0 radical (unpaired) electrons. The van der Waals surface area contributed by atoms with Crippen molar-refractivity contribution < 1.29 is 4.74 Å². The van der Waals surface area contributed by atoms with E-state index in [0.717, 1.165) is 41.8 Å². The van der Waals surface area contributed by atoms with Crippen LogP contribution in [0.15, 0.2) is 39.1 Å². The molecule has 1 aliphatic rings. The average Bonchev–Trinajstić information content (AvgIpc) is 3.15. The Morgan fingerprint density at radius 3 is 3.09 bits per heavy atom. The van der Waals surface area contributed by atoms with E-state index in [-0.39, 0.29) is 24.0 Å². The lowest BCUT2D eigenvalue weighted by Crippen LogP contribution is -2.33. The summed E-state index contributed by atoms with van der Waals surface area (Å²) < 4.78 is 6.76. The summed E-state index contributed by atoms with van der Waals surface area (Å²) in [5.41, 5.74) is 8.25. The van der Waals surface area contributed by atoms with Crippen molar-refractivity contribution in [3.05, 3.63) is 50.1 Å². The van der Waals surface area contributed by atoms with Crippen molar-refractivity contribution in [3.63, 3.8) is 0 Å².